The first kappa shape index (κ1) is 21.7. The lowest BCUT2D eigenvalue weighted by Gasteiger charge is -2.11. The van der Waals surface area contributed by atoms with E-state index in [4.69, 9.17) is 19.2 Å². The van der Waals surface area contributed by atoms with Crippen LogP contribution in [-0.2, 0) is 0 Å². The Bertz CT molecular complexity index is 1210. The van der Waals surface area contributed by atoms with Crippen LogP contribution in [0.5, 0.6) is 17.2 Å². The molecule has 164 valence electrons. The Labute approximate surface area is 192 Å². The summed E-state index contributed by atoms with van der Waals surface area (Å²) in [7, 11) is 1.67. The van der Waals surface area contributed by atoms with Crippen LogP contribution in [0.15, 0.2) is 83.2 Å². The second-order valence-electron chi connectivity index (χ2n) is 6.93. The third kappa shape index (κ3) is 4.86. The summed E-state index contributed by atoms with van der Waals surface area (Å²) in [6.07, 6.45) is 0. The first-order valence-corrected chi connectivity index (χ1v) is 11.5. The average Bonchev–Trinajstić information content (AvgIpc) is 3.25. The van der Waals surface area contributed by atoms with Crippen LogP contribution in [-0.4, -0.2) is 24.9 Å². The molecule has 0 atom stereocenters. The van der Waals surface area contributed by atoms with Crippen LogP contribution in [0.2, 0.25) is 0 Å². The molecule has 32 heavy (non-hydrogen) atoms. The monoisotopic (exact) mass is 446 g/mol. The van der Waals surface area contributed by atoms with Crippen molar-refractivity contribution in [1.82, 2.24) is 4.57 Å². The van der Waals surface area contributed by atoms with Crippen LogP contribution in [0.25, 0.3) is 16.9 Å². The molecular weight excluding hydrogens is 420 g/mol. The topological polar surface area (TPSA) is 45.0 Å². The summed E-state index contributed by atoms with van der Waals surface area (Å²) in [5.74, 6) is 2.52. The van der Waals surface area contributed by atoms with Crippen molar-refractivity contribution >= 4 is 17.0 Å². The molecule has 0 aliphatic rings. The van der Waals surface area contributed by atoms with Crippen molar-refractivity contribution in [3.63, 3.8) is 0 Å². The molecule has 5 nitrogen and oxygen atoms in total. The lowest BCUT2D eigenvalue weighted by atomic mass is 10.1. The van der Waals surface area contributed by atoms with Crippen LogP contribution in [0.3, 0.4) is 0 Å². The van der Waals surface area contributed by atoms with Gasteiger partial charge < -0.3 is 14.2 Å². The van der Waals surface area contributed by atoms with E-state index in [1.54, 1.807) is 18.4 Å². The molecule has 1 aromatic heterocycles. The molecule has 0 aliphatic heterocycles. The number of nitrogens with zero attached hydrogens (tertiary/aromatic N) is 2. The van der Waals surface area contributed by atoms with Crippen molar-refractivity contribution in [2.24, 2.45) is 4.99 Å². The normalized spacial score (nSPS) is 11.4. The maximum atomic E-state index is 5.62. The smallest absolute Gasteiger partial charge is 0.195 e. The van der Waals surface area contributed by atoms with E-state index < -0.39 is 0 Å². The number of hydrogen-bond acceptors (Lipinski definition) is 5. The van der Waals surface area contributed by atoms with Crippen LogP contribution < -0.4 is 19.0 Å². The first-order valence-electron chi connectivity index (χ1n) is 10.6. The van der Waals surface area contributed by atoms with Crippen molar-refractivity contribution in [2.45, 2.75) is 13.8 Å². The average molecular weight is 447 g/mol. The fourth-order valence-corrected chi connectivity index (χ4v) is 4.28. The predicted octanol–water partition coefficient (Wildman–Crippen LogP) is 6.24. The highest BCUT2D eigenvalue weighted by Crippen LogP contribution is 2.27. The SMILES string of the molecule is CCOc1ccc(N=c2scc(-c3ccc(OC)cc3)n2-c2ccc(OCC)cc2)cc1. The molecule has 4 aromatic rings. The summed E-state index contributed by atoms with van der Waals surface area (Å²) in [6, 6.07) is 24.0. The number of hydrogen-bond donors (Lipinski definition) is 0. The molecule has 0 amide bonds. The quantitative estimate of drug-likeness (QED) is 0.322. The number of benzene rings is 3. The maximum Gasteiger partial charge on any atom is 0.195 e. The van der Waals surface area contributed by atoms with E-state index in [1.807, 2.05) is 62.4 Å². The summed E-state index contributed by atoms with van der Waals surface area (Å²) in [5, 5.41) is 2.13. The van der Waals surface area contributed by atoms with Crippen LogP contribution >= 0.6 is 11.3 Å². The maximum absolute atomic E-state index is 5.62. The number of methoxy groups -OCH3 is 1. The minimum absolute atomic E-state index is 0.639. The Hall–Kier alpha value is -3.51. The molecule has 0 fully saturated rings. The van der Waals surface area contributed by atoms with Gasteiger partial charge in [-0.1, -0.05) is 0 Å². The Morgan fingerprint density at radius 1 is 0.750 bits per heavy atom. The minimum Gasteiger partial charge on any atom is -0.497 e. The number of ether oxygens (including phenoxy) is 3. The largest absolute Gasteiger partial charge is 0.497 e. The Morgan fingerprint density at radius 2 is 1.31 bits per heavy atom. The van der Waals surface area contributed by atoms with E-state index in [0.717, 1.165) is 44.7 Å². The summed E-state index contributed by atoms with van der Waals surface area (Å²) in [5.41, 5.74) is 4.04. The van der Waals surface area contributed by atoms with Gasteiger partial charge in [-0.2, -0.15) is 0 Å². The second kappa shape index (κ2) is 10.2. The fourth-order valence-electron chi connectivity index (χ4n) is 3.35. The van der Waals surface area contributed by atoms with Gasteiger partial charge in [0.05, 0.1) is 31.7 Å². The standard InChI is InChI=1S/C26H26N2O3S/c1-4-30-23-14-8-20(9-15-23)27-26-28(21-10-16-24(17-11-21)31-5-2)25(18-32-26)19-6-12-22(29-3)13-7-19/h6-18H,4-5H2,1-3H3. The molecular formula is C26H26N2O3S. The van der Waals surface area contributed by atoms with Crippen LogP contribution in [0, 0.1) is 0 Å². The lowest BCUT2D eigenvalue weighted by molar-refractivity contribution is 0.340. The molecule has 6 heteroatoms. The summed E-state index contributed by atoms with van der Waals surface area (Å²) in [6.45, 7) is 5.24. The molecule has 0 radical (unpaired) electrons. The van der Waals surface area contributed by atoms with Gasteiger partial charge in [0.2, 0.25) is 0 Å². The Balaban J connectivity index is 1.81. The highest BCUT2D eigenvalue weighted by molar-refractivity contribution is 7.07. The van der Waals surface area contributed by atoms with E-state index in [2.05, 4.69) is 34.2 Å². The Kier molecular flexibility index (Phi) is 6.92. The van der Waals surface area contributed by atoms with E-state index in [0.29, 0.717) is 13.2 Å². The van der Waals surface area contributed by atoms with Crippen molar-refractivity contribution in [1.29, 1.82) is 0 Å². The van der Waals surface area contributed by atoms with Crippen LogP contribution in [0.1, 0.15) is 13.8 Å². The third-order valence-corrected chi connectivity index (χ3v) is 5.70. The van der Waals surface area contributed by atoms with Gasteiger partial charge in [-0.25, -0.2) is 4.99 Å². The highest BCUT2D eigenvalue weighted by atomic mass is 32.1. The Morgan fingerprint density at radius 3 is 1.88 bits per heavy atom. The molecule has 0 saturated heterocycles. The third-order valence-electron chi connectivity index (χ3n) is 4.87. The molecule has 3 aromatic carbocycles. The zero-order valence-electron chi connectivity index (χ0n) is 18.4. The highest BCUT2D eigenvalue weighted by Gasteiger charge is 2.11. The van der Waals surface area contributed by atoms with Gasteiger partial charge in [-0.3, -0.25) is 4.57 Å². The summed E-state index contributed by atoms with van der Waals surface area (Å²) >= 11 is 1.60. The van der Waals surface area contributed by atoms with Crippen molar-refractivity contribution < 1.29 is 14.2 Å². The summed E-state index contributed by atoms with van der Waals surface area (Å²) < 4.78 is 18.7. The molecule has 0 bridgehead atoms. The zero-order valence-corrected chi connectivity index (χ0v) is 19.3. The molecule has 0 spiro atoms. The zero-order chi connectivity index (χ0) is 22.3. The number of thiazole rings is 1. The van der Waals surface area contributed by atoms with Crippen molar-refractivity contribution in [3.8, 4) is 34.2 Å². The molecule has 0 aliphatic carbocycles. The van der Waals surface area contributed by atoms with Crippen LogP contribution in [0.4, 0.5) is 5.69 Å². The van der Waals surface area contributed by atoms with Gasteiger partial charge in [0.1, 0.15) is 17.2 Å². The van der Waals surface area contributed by atoms with Crippen molar-refractivity contribution in [3.05, 3.63) is 83.0 Å². The van der Waals surface area contributed by atoms with Gasteiger partial charge in [0, 0.05) is 11.1 Å². The van der Waals surface area contributed by atoms with E-state index in [9.17, 15) is 0 Å². The van der Waals surface area contributed by atoms with E-state index in [-0.39, 0.29) is 0 Å². The number of rotatable bonds is 8. The van der Waals surface area contributed by atoms with Gasteiger partial charge >= 0.3 is 0 Å². The second-order valence-corrected chi connectivity index (χ2v) is 7.77. The van der Waals surface area contributed by atoms with Gasteiger partial charge in [0.15, 0.2) is 4.80 Å². The lowest BCUT2D eigenvalue weighted by Crippen LogP contribution is -2.13. The first-order chi connectivity index (χ1) is 15.7. The molecule has 0 saturated carbocycles. The van der Waals surface area contributed by atoms with E-state index >= 15 is 0 Å². The minimum atomic E-state index is 0.639. The molecule has 1 heterocycles. The predicted molar refractivity (Wildman–Crippen MR) is 130 cm³/mol. The molecule has 0 unspecified atom stereocenters. The fraction of sp³-hybridized carbons (Fsp3) is 0.192. The van der Waals surface area contributed by atoms with Gasteiger partial charge in [0.25, 0.3) is 0 Å². The van der Waals surface area contributed by atoms with Gasteiger partial charge in [-0.05, 0) is 92.2 Å². The van der Waals surface area contributed by atoms with Gasteiger partial charge in [-0.15, -0.1) is 11.3 Å². The van der Waals surface area contributed by atoms with Crippen molar-refractivity contribution in [2.75, 3.05) is 20.3 Å². The van der Waals surface area contributed by atoms with E-state index in [1.165, 1.54) is 0 Å². The molecule has 4 rings (SSSR count). The molecule has 0 N–H and O–H groups in total. The number of aromatic nitrogens is 1. The summed E-state index contributed by atoms with van der Waals surface area (Å²) in [4.78, 5) is 5.81.